The number of hydrogen-bond donors (Lipinski definition) is 2. The van der Waals surface area contributed by atoms with Gasteiger partial charge in [-0.1, -0.05) is 68.6 Å². The third-order valence-corrected chi connectivity index (χ3v) is 10.1. The molecule has 0 spiro atoms. The molecule has 3 aliphatic rings. The van der Waals surface area contributed by atoms with Gasteiger partial charge in [0.1, 0.15) is 12.2 Å². The minimum absolute atomic E-state index is 0.354. The predicted octanol–water partition coefficient (Wildman–Crippen LogP) is 9.88. The number of benzene rings is 3. The number of nitrogens with two attached hydrogens (primary N) is 2. The lowest BCUT2D eigenvalue weighted by Crippen LogP contribution is -2.46. The van der Waals surface area contributed by atoms with Crippen LogP contribution in [0.3, 0.4) is 0 Å². The highest BCUT2D eigenvalue weighted by Crippen LogP contribution is 2.36. The molecule has 9 heteroatoms. The lowest BCUT2D eigenvalue weighted by molar-refractivity contribution is 0.286. The average Bonchev–Trinajstić information content (AvgIpc) is 3.82. The fraction of sp³-hybridized carbons (Fsp3) is 0.390. The maximum Gasteiger partial charge on any atom is 0.128 e. The molecular weight excluding hydrogens is 661 g/mol. The van der Waals surface area contributed by atoms with Gasteiger partial charge in [0.15, 0.2) is 0 Å². The highest BCUT2D eigenvalue weighted by Gasteiger charge is 2.25. The summed E-state index contributed by atoms with van der Waals surface area (Å²) in [5.74, 6) is 1.61. The van der Waals surface area contributed by atoms with E-state index in [-0.39, 0.29) is 0 Å². The first kappa shape index (κ1) is 38.7. The highest BCUT2D eigenvalue weighted by atomic mass is 35.5. The molecule has 6 rings (SSSR count). The third kappa shape index (κ3) is 10.7. The summed E-state index contributed by atoms with van der Waals surface area (Å²) in [4.78, 5) is 7.02. The van der Waals surface area contributed by atoms with Crippen LogP contribution in [0.5, 0.6) is 0 Å². The minimum atomic E-state index is 0.354. The van der Waals surface area contributed by atoms with Crippen LogP contribution in [0.1, 0.15) is 76.8 Å². The number of allylic oxidation sites excluding steroid dienone is 2. The molecule has 1 aliphatic carbocycles. The van der Waals surface area contributed by atoms with Crippen LogP contribution < -0.4 is 26.2 Å². The van der Waals surface area contributed by atoms with E-state index >= 15 is 0 Å². The van der Waals surface area contributed by atoms with Crippen molar-refractivity contribution >= 4 is 46.6 Å². The molecule has 1 unspecified atom stereocenters. The molecule has 1 saturated heterocycles. The Bertz CT molecular complexity index is 1570. The van der Waals surface area contributed by atoms with Crippen molar-refractivity contribution < 1.29 is 0 Å². The normalized spacial score (nSPS) is 17.2. The lowest BCUT2D eigenvalue weighted by Gasteiger charge is -2.37. The number of hydrogen-bond acceptors (Lipinski definition) is 7. The summed E-state index contributed by atoms with van der Waals surface area (Å²) in [6.45, 7) is 16.8. The Morgan fingerprint density at radius 3 is 1.84 bits per heavy atom. The summed E-state index contributed by atoms with van der Waals surface area (Å²) >= 11 is 11.9. The van der Waals surface area contributed by atoms with Crippen LogP contribution in [0, 0.1) is 0 Å². The molecule has 2 heterocycles. The predicted molar refractivity (Wildman–Crippen MR) is 217 cm³/mol. The van der Waals surface area contributed by atoms with Gasteiger partial charge in [-0.2, -0.15) is 5.10 Å². The van der Waals surface area contributed by atoms with Gasteiger partial charge in [-0.3, -0.25) is 4.90 Å². The molecule has 1 saturated carbocycles. The molecule has 268 valence electrons. The van der Waals surface area contributed by atoms with Crippen molar-refractivity contribution in [3.8, 4) is 0 Å². The summed E-state index contributed by atoms with van der Waals surface area (Å²) in [7, 11) is 0. The van der Waals surface area contributed by atoms with Gasteiger partial charge in [0.05, 0.1) is 6.04 Å². The second-order valence-electron chi connectivity index (χ2n) is 13.1. The topological polar surface area (TPSA) is 77.4 Å². The van der Waals surface area contributed by atoms with Gasteiger partial charge in [0.25, 0.3) is 0 Å². The molecule has 0 aromatic heterocycles. The molecule has 2 aliphatic heterocycles. The van der Waals surface area contributed by atoms with Crippen LogP contribution >= 0.6 is 23.2 Å². The Balaban J connectivity index is 0.000000230. The number of nitrogens with zero attached hydrogens (tertiary/aromatic N) is 5. The van der Waals surface area contributed by atoms with E-state index in [2.05, 4.69) is 95.7 Å². The Morgan fingerprint density at radius 2 is 1.38 bits per heavy atom. The largest absolute Gasteiger partial charge is 0.405 e. The van der Waals surface area contributed by atoms with E-state index < -0.39 is 0 Å². The van der Waals surface area contributed by atoms with Crippen molar-refractivity contribution in [1.29, 1.82) is 0 Å². The monoisotopic (exact) mass is 715 g/mol. The van der Waals surface area contributed by atoms with Crippen LogP contribution in [0.25, 0.3) is 0 Å². The second-order valence-corrected chi connectivity index (χ2v) is 14.0. The van der Waals surface area contributed by atoms with E-state index in [9.17, 15) is 0 Å². The number of piperazine rings is 1. The molecule has 0 radical (unpaired) electrons. The van der Waals surface area contributed by atoms with Crippen LogP contribution in [0.4, 0.5) is 17.1 Å². The first-order chi connectivity index (χ1) is 24.2. The van der Waals surface area contributed by atoms with Gasteiger partial charge >= 0.3 is 0 Å². The van der Waals surface area contributed by atoms with Crippen LogP contribution in [0.2, 0.25) is 10.0 Å². The van der Waals surface area contributed by atoms with Gasteiger partial charge in [-0.15, -0.1) is 0 Å². The zero-order valence-corrected chi connectivity index (χ0v) is 31.8. The Hall–Kier alpha value is -4.07. The minimum Gasteiger partial charge on any atom is -0.405 e. The molecular formula is C41H55Cl2N7. The lowest BCUT2D eigenvalue weighted by atomic mass is 9.98. The van der Waals surface area contributed by atoms with Crippen LogP contribution in [-0.4, -0.2) is 43.6 Å². The van der Waals surface area contributed by atoms with E-state index in [1.165, 1.54) is 60.6 Å². The van der Waals surface area contributed by atoms with Gasteiger partial charge in [0.2, 0.25) is 0 Å². The number of rotatable bonds is 8. The fourth-order valence-corrected chi connectivity index (χ4v) is 6.92. The summed E-state index contributed by atoms with van der Waals surface area (Å²) in [6.07, 6.45) is 14.0. The van der Waals surface area contributed by atoms with Crippen molar-refractivity contribution in [1.82, 2.24) is 5.01 Å². The quantitative estimate of drug-likeness (QED) is 0.226. The first-order valence-corrected chi connectivity index (χ1v) is 18.7. The molecule has 1 atom stereocenters. The van der Waals surface area contributed by atoms with E-state index in [4.69, 9.17) is 34.7 Å². The maximum atomic E-state index is 5.94. The fourth-order valence-electron chi connectivity index (χ4n) is 6.37. The van der Waals surface area contributed by atoms with E-state index in [1.807, 2.05) is 30.4 Å². The van der Waals surface area contributed by atoms with E-state index in [0.29, 0.717) is 12.0 Å². The molecule has 3 aromatic rings. The molecule has 4 N–H and O–H groups in total. The van der Waals surface area contributed by atoms with E-state index in [1.54, 1.807) is 12.1 Å². The second kappa shape index (κ2) is 19.4. The molecule has 0 bridgehead atoms. The van der Waals surface area contributed by atoms with Crippen LogP contribution in [0.15, 0.2) is 108 Å². The Morgan fingerprint density at radius 1 is 0.860 bits per heavy atom. The summed E-state index contributed by atoms with van der Waals surface area (Å²) in [5, 5.41) is 8.04. The van der Waals surface area contributed by atoms with Gasteiger partial charge in [-0.25, -0.2) is 5.01 Å². The molecule has 50 heavy (non-hydrogen) atoms. The van der Waals surface area contributed by atoms with Gasteiger partial charge in [0, 0.05) is 53.3 Å². The summed E-state index contributed by atoms with van der Waals surface area (Å²) < 4.78 is 0. The molecule has 7 nitrogen and oxygen atoms in total. The highest BCUT2D eigenvalue weighted by molar-refractivity contribution is 6.34. The van der Waals surface area contributed by atoms with Crippen LogP contribution in [-0.2, 0) is 6.42 Å². The van der Waals surface area contributed by atoms with E-state index in [0.717, 1.165) is 66.1 Å². The maximum absolute atomic E-state index is 5.94. The number of halogens is 2. The van der Waals surface area contributed by atoms with Crippen molar-refractivity contribution in [3.63, 3.8) is 0 Å². The summed E-state index contributed by atoms with van der Waals surface area (Å²) in [5.41, 5.74) is 17.5. The Labute approximate surface area is 310 Å². The van der Waals surface area contributed by atoms with Crippen molar-refractivity contribution in [2.75, 3.05) is 40.9 Å². The van der Waals surface area contributed by atoms with Gasteiger partial charge < -0.3 is 21.3 Å². The zero-order valence-electron chi connectivity index (χ0n) is 30.2. The zero-order chi connectivity index (χ0) is 36.0. The standard InChI is InChI=1S/C25H33N5.C11H12Cl2.C5H10N2/c1-5-20(3)30-21(4)29(19-26-30)25-13-11-24(12-14-25)28-17-15-27(16-18-28)23-9-7-22(6-2)8-10-23;12-10-5-9(6-11(13)7-10)8-3-1-2-4-8;1-5(4-7)2-3-6/h7-14,19-20H,4-6,15-18H2,1-3H3;5-8H,1-4H2;2-4H,6-7H2,1H3/b;;3-2-,5-4-. The number of hydrazone groups is 1. The smallest absolute Gasteiger partial charge is 0.128 e. The SMILES string of the molecule is C=C1N(c2ccc(N3CCN(c4ccc(CC)cc4)CC3)cc2)C=NN1C(C)CC.CC(/C=C\N)=C/N.Clc1cc(Cl)cc(C2CCCC2)c1. The molecule has 3 aromatic carbocycles. The van der Waals surface area contributed by atoms with Crippen molar-refractivity contribution in [2.24, 2.45) is 16.6 Å². The average molecular weight is 717 g/mol. The van der Waals surface area contributed by atoms with Crippen molar-refractivity contribution in [2.45, 2.75) is 78.2 Å². The van der Waals surface area contributed by atoms with Crippen molar-refractivity contribution in [3.05, 3.63) is 124 Å². The summed E-state index contributed by atoms with van der Waals surface area (Å²) in [6, 6.07) is 24.0. The number of aryl methyl sites for hydroxylation is 1. The molecule has 0 amide bonds. The number of anilines is 3. The Kier molecular flexibility index (Phi) is 15.0. The molecule has 2 fully saturated rings. The van der Waals surface area contributed by atoms with Gasteiger partial charge in [-0.05, 0) is 135 Å². The first-order valence-electron chi connectivity index (χ1n) is 17.9. The third-order valence-electron chi connectivity index (χ3n) is 9.66.